The molecule has 0 heterocycles. The summed E-state index contributed by atoms with van der Waals surface area (Å²) in [6.45, 7) is 2.53. The topological polar surface area (TPSA) is 18.5 Å². The Bertz CT molecular complexity index is 408. The molecule has 8 saturated carbocycles. The van der Waals surface area contributed by atoms with Gasteiger partial charge in [-0.1, -0.05) is 0 Å². The van der Waals surface area contributed by atoms with E-state index in [-0.39, 0.29) is 0 Å². The van der Waals surface area contributed by atoms with E-state index in [9.17, 15) is 0 Å². The third-order valence-electron chi connectivity index (χ3n) is 9.31. The maximum absolute atomic E-state index is 6.16. The van der Waals surface area contributed by atoms with Gasteiger partial charge in [-0.05, 0) is 123 Å². The van der Waals surface area contributed by atoms with Gasteiger partial charge in [-0.3, -0.25) is 0 Å². The molecule has 0 unspecified atom stereocenters. The zero-order valence-corrected chi connectivity index (χ0v) is 15.9. The van der Waals surface area contributed by atoms with Gasteiger partial charge in [-0.25, -0.2) is 0 Å². The Morgan fingerprint density at radius 2 is 0.760 bits per heavy atom. The van der Waals surface area contributed by atoms with Crippen LogP contribution < -0.4 is 0 Å². The van der Waals surface area contributed by atoms with Crippen LogP contribution in [0.25, 0.3) is 0 Å². The zero-order valence-electron chi connectivity index (χ0n) is 15.9. The summed E-state index contributed by atoms with van der Waals surface area (Å²) in [4.78, 5) is 0. The lowest BCUT2D eigenvalue weighted by Gasteiger charge is -2.57. The molecule has 25 heavy (non-hydrogen) atoms. The average Bonchev–Trinajstić information content (AvgIpc) is 2.51. The third-order valence-corrected chi connectivity index (χ3v) is 9.31. The molecule has 0 aliphatic heterocycles. The van der Waals surface area contributed by atoms with Gasteiger partial charge in [0, 0.05) is 0 Å². The van der Waals surface area contributed by atoms with Crippen molar-refractivity contribution in [2.75, 3.05) is 20.0 Å². The van der Waals surface area contributed by atoms with E-state index in [1.807, 2.05) is 0 Å². The second-order valence-corrected chi connectivity index (χ2v) is 11.6. The molecule has 0 atom stereocenters. The minimum absolute atomic E-state index is 0.540. The Morgan fingerprint density at radius 3 is 1.04 bits per heavy atom. The van der Waals surface area contributed by atoms with Gasteiger partial charge in [-0.2, -0.15) is 0 Å². The highest BCUT2D eigenvalue weighted by atomic mass is 16.7. The molecule has 0 radical (unpaired) electrons. The first kappa shape index (κ1) is 15.9. The molecule has 0 aromatic carbocycles. The van der Waals surface area contributed by atoms with E-state index in [1.54, 1.807) is 0 Å². The third kappa shape index (κ3) is 2.81. The molecule has 0 spiro atoms. The van der Waals surface area contributed by atoms with Gasteiger partial charge < -0.3 is 9.47 Å². The van der Waals surface area contributed by atoms with Gasteiger partial charge in [0.2, 0.25) is 0 Å². The van der Waals surface area contributed by atoms with Gasteiger partial charge in [0.25, 0.3) is 0 Å². The maximum Gasteiger partial charge on any atom is 0.146 e. The van der Waals surface area contributed by atoms with Crippen LogP contribution in [0.1, 0.15) is 77.0 Å². The molecule has 0 amide bonds. The minimum atomic E-state index is 0.540. The van der Waals surface area contributed by atoms with Crippen molar-refractivity contribution in [1.29, 1.82) is 0 Å². The highest BCUT2D eigenvalue weighted by molar-refractivity contribution is 5.02. The highest BCUT2D eigenvalue weighted by Crippen LogP contribution is 2.61. The second-order valence-electron chi connectivity index (χ2n) is 11.6. The summed E-state index contributed by atoms with van der Waals surface area (Å²) in [6.07, 6.45) is 17.9. The van der Waals surface area contributed by atoms with Crippen molar-refractivity contribution in [3.63, 3.8) is 0 Å². The van der Waals surface area contributed by atoms with Crippen LogP contribution in [0.3, 0.4) is 0 Å². The molecule has 0 N–H and O–H groups in total. The van der Waals surface area contributed by atoms with Crippen LogP contribution in [-0.4, -0.2) is 20.0 Å². The van der Waals surface area contributed by atoms with Crippen LogP contribution in [0.2, 0.25) is 0 Å². The number of hydrogen-bond donors (Lipinski definition) is 0. The molecule has 0 aromatic heterocycles. The Balaban J connectivity index is 0.996. The molecular weight excluding hydrogens is 308 g/mol. The van der Waals surface area contributed by atoms with Gasteiger partial charge in [0.1, 0.15) is 6.79 Å². The first-order valence-electron chi connectivity index (χ1n) is 11.3. The van der Waals surface area contributed by atoms with Crippen LogP contribution >= 0.6 is 0 Å². The zero-order chi connectivity index (χ0) is 16.5. The molecular formula is C23H36O2. The standard InChI is InChI=1S/C23H36O2/c1-16-2-18-3-17(1)8-22(7-16,9-18)13-24-15-25-14-23-10-19-4-20(11-23)6-21(5-19)12-23/h16-21H,1-15H2. The molecule has 8 fully saturated rings. The summed E-state index contributed by atoms with van der Waals surface area (Å²) in [6, 6.07) is 0. The minimum Gasteiger partial charge on any atom is -0.355 e. The summed E-state index contributed by atoms with van der Waals surface area (Å²) < 4.78 is 12.3. The van der Waals surface area contributed by atoms with Crippen molar-refractivity contribution in [1.82, 2.24) is 0 Å². The first-order valence-corrected chi connectivity index (χ1v) is 11.3. The predicted molar refractivity (Wildman–Crippen MR) is 98.0 cm³/mol. The second kappa shape index (κ2) is 5.71. The van der Waals surface area contributed by atoms with Crippen LogP contribution in [0, 0.1) is 46.3 Å². The predicted octanol–water partition coefficient (Wildman–Crippen LogP) is 5.41. The molecule has 2 nitrogen and oxygen atoms in total. The van der Waals surface area contributed by atoms with Crippen molar-refractivity contribution in [3.8, 4) is 0 Å². The monoisotopic (exact) mass is 344 g/mol. The normalized spacial score (nSPS) is 55.2. The molecule has 8 rings (SSSR count). The summed E-state index contributed by atoms with van der Waals surface area (Å²) in [5, 5.41) is 0. The average molecular weight is 345 g/mol. The van der Waals surface area contributed by atoms with Gasteiger partial charge in [0.15, 0.2) is 0 Å². The molecule has 0 saturated heterocycles. The number of hydrogen-bond acceptors (Lipinski definition) is 2. The van der Waals surface area contributed by atoms with E-state index in [4.69, 9.17) is 9.47 Å². The highest BCUT2D eigenvalue weighted by Gasteiger charge is 2.52. The van der Waals surface area contributed by atoms with E-state index in [0.717, 1.165) is 48.7 Å². The van der Waals surface area contributed by atoms with Crippen molar-refractivity contribution in [3.05, 3.63) is 0 Å². The van der Waals surface area contributed by atoms with E-state index in [0.29, 0.717) is 17.6 Å². The Kier molecular flexibility index (Phi) is 3.64. The Hall–Kier alpha value is -0.0800. The fraction of sp³-hybridized carbons (Fsp3) is 1.00. The van der Waals surface area contributed by atoms with Crippen LogP contribution in [0.5, 0.6) is 0 Å². The number of ether oxygens (including phenoxy) is 2. The van der Waals surface area contributed by atoms with Crippen molar-refractivity contribution >= 4 is 0 Å². The number of rotatable bonds is 6. The molecule has 8 aliphatic carbocycles. The molecule has 140 valence electrons. The lowest BCUT2D eigenvalue weighted by Crippen LogP contribution is -2.49. The SMILES string of the molecule is C(OCC12CC3CC(CC(C3)C1)C2)OCC12CC3CC(CC(C3)C1)C2. The molecule has 2 heteroatoms. The van der Waals surface area contributed by atoms with Gasteiger partial charge >= 0.3 is 0 Å². The lowest BCUT2D eigenvalue weighted by atomic mass is 9.50. The molecule has 0 aromatic rings. The van der Waals surface area contributed by atoms with E-state index in [2.05, 4.69) is 0 Å². The Labute approximate surface area is 153 Å². The molecule has 8 aliphatic rings. The molecule has 8 bridgehead atoms. The summed E-state index contributed by atoms with van der Waals surface area (Å²) >= 11 is 0. The maximum atomic E-state index is 6.16. The lowest BCUT2D eigenvalue weighted by molar-refractivity contribution is -0.161. The van der Waals surface area contributed by atoms with Crippen LogP contribution in [0.15, 0.2) is 0 Å². The van der Waals surface area contributed by atoms with E-state index in [1.165, 1.54) is 77.0 Å². The quantitative estimate of drug-likeness (QED) is 0.474. The van der Waals surface area contributed by atoms with Gasteiger partial charge in [0.05, 0.1) is 13.2 Å². The fourth-order valence-corrected chi connectivity index (χ4v) is 9.51. The largest absolute Gasteiger partial charge is 0.355 e. The van der Waals surface area contributed by atoms with Gasteiger partial charge in [-0.15, -0.1) is 0 Å². The first-order chi connectivity index (χ1) is 12.2. The van der Waals surface area contributed by atoms with Crippen LogP contribution in [-0.2, 0) is 9.47 Å². The summed E-state index contributed by atoms with van der Waals surface area (Å²) in [7, 11) is 0. The van der Waals surface area contributed by atoms with Crippen LogP contribution in [0.4, 0.5) is 0 Å². The Morgan fingerprint density at radius 1 is 0.480 bits per heavy atom. The van der Waals surface area contributed by atoms with Crippen molar-refractivity contribution in [2.24, 2.45) is 46.3 Å². The summed E-state index contributed by atoms with van der Waals surface area (Å²) in [5.74, 6) is 6.18. The summed E-state index contributed by atoms with van der Waals surface area (Å²) in [5.41, 5.74) is 1.08. The van der Waals surface area contributed by atoms with E-state index < -0.39 is 0 Å². The van der Waals surface area contributed by atoms with Crippen molar-refractivity contribution in [2.45, 2.75) is 77.0 Å². The van der Waals surface area contributed by atoms with E-state index >= 15 is 0 Å². The van der Waals surface area contributed by atoms with Crippen molar-refractivity contribution < 1.29 is 9.47 Å². The fourth-order valence-electron chi connectivity index (χ4n) is 9.51. The smallest absolute Gasteiger partial charge is 0.146 e.